The molecule has 0 radical (unpaired) electrons. The third-order valence-corrected chi connectivity index (χ3v) is 7.03. The van der Waals surface area contributed by atoms with Gasteiger partial charge in [-0.1, -0.05) is 18.2 Å². The normalized spacial score (nSPS) is 14.1. The Labute approximate surface area is 194 Å². The van der Waals surface area contributed by atoms with Crippen LogP contribution in [0.3, 0.4) is 0 Å². The van der Waals surface area contributed by atoms with Crippen LogP contribution in [0.15, 0.2) is 71.6 Å². The largest absolute Gasteiger partial charge is 0.378 e. The molecule has 7 nitrogen and oxygen atoms in total. The average molecular weight is 466 g/mol. The molecule has 4 rings (SSSR count). The summed E-state index contributed by atoms with van der Waals surface area (Å²) in [7, 11) is -3.85. The van der Waals surface area contributed by atoms with Gasteiger partial charge in [-0.25, -0.2) is 8.42 Å². The van der Waals surface area contributed by atoms with Crippen molar-refractivity contribution >= 4 is 33.0 Å². The van der Waals surface area contributed by atoms with Gasteiger partial charge in [-0.3, -0.25) is 9.52 Å². The van der Waals surface area contributed by atoms with E-state index in [-0.39, 0.29) is 16.4 Å². The minimum absolute atomic E-state index is 0.0688. The molecule has 0 saturated carbocycles. The van der Waals surface area contributed by atoms with Crippen molar-refractivity contribution in [2.45, 2.75) is 18.7 Å². The number of carbonyl (C=O) groups is 1. The van der Waals surface area contributed by atoms with Gasteiger partial charge in [0, 0.05) is 35.7 Å². The van der Waals surface area contributed by atoms with Gasteiger partial charge in [0.25, 0.3) is 15.9 Å². The molecular weight excluding hydrogens is 438 g/mol. The molecule has 1 saturated heterocycles. The molecule has 1 fully saturated rings. The van der Waals surface area contributed by atoms with Crippen LogP contribution in [0.2, 0.25) is 0 Å². The minimum atomic E-state index is -3.85. The highest BCUT2D eigenvalue weighted by atomic mass is 32.2. The first-order valence-corrected chi connectivity index (χ1v) is 12.2. The fraction of sp³-hybridized carbons (Fsp3) is 0.240. The highest BCUT2D eigenvalue weighted by Crippen LogP contribution is 2.23. The van der Waals surface area contributed by atoms with Gasteiger partial charge in [0.15, 0.2) is 0 Å². The van der Waals surface area contributed by atoms with E-state index >= 15 is 0 Å². The summed E-state index contributed by atoms with van der Waals surface area (Å²) >= 11 is 0. The Morgan fingerprint density at radius 3 is 2.33 bits per heavy atom. The van der Waals surface area contributed by atoms with Crippen molar-refractivity contribution in [3.05, 3.63) is 83.4 Å². The van der Waals surface area contributed by atoms with Crippen molar-refractivity contribution in [3.8, 4) is 0 Å². The summed E-state index contributed by atoms with van der Waals surface area (Å²) < 4.78 is 34.0. The van der Waals surface area contributed by atoms with Gasteiger partial charge in [-0.15, -0.1) is 0 Å². The van der Waals surface area contributed by atoms with Crippen LogP contribution in [0, 0.1) is 13.8 Å². The maximum absolute atomic E-state index is 13.0. The van der Waals surface area contributed by atoms with E-state index in [9.17, 15) is 13.2 Å². The number of rotatable bonds is 6. The van der Waals surface area contributed by atoms with Crippen LogP contribution in [-0.2, 0) is 14.8 Å². The van der Waals surface area contributed by atoms with Gasteiger partial charge in [-0.2, -0.15) is 0 Å². The lowest BCUT2D eigenvalue weighted by Crippen LogP contribution is -2.36. The topological polar surface area (TPSA) is 87.7 Å². The number of aryl methyl sites for hydroxylation is 2. The number of sulfonamides is 1. The number of carbonyl (C=O) groups excluding carboxylic acids is 1. The molecule has 8 heteroatoms. The molecule has 3 aromatic rings. The van der Waals surface area contributed by atoms with E-state index in [0.29, 0.717) is 30.2 Å². The fourth-order valence-corrected chi connectivity index (χ4v) is 5.05. The third kappa shape index (κ3) is 5.53. The Morgan fingerprint density at radius 1 is 0.909 bits per heavy atom. The summed E-state index contributed by atoms with van der Waals surface area (Å²) in [5.41, 5.74) is 3.95. The fourth-order valence-electron chi connectivity index (χ4n) is 3.73. The van der Waals surface area contributed by atoms with Gasteiger partial charge >= 0.3 is 0 Å². The second kappa shape index (κ2) is 9.64. The molecule has 0 aromatic heterocycles. The molecule has 0 spiro atoms. The Kier molecular flexibility index (Phi) is 6.67. The summed E-state index contributed by atoms with van der Waals surface area (Å²) in [5.74, 6) is -0.374. The maximum Gasteiger partial charge on any atom is 0.262 e. The number of nitrogens with zero attached hydrogens (tertiary/aromatic N) is 1. The molecule has 2 N–H and O–H groups in total. The standard InChI is InChI=1S/C25H27N3O4S/c1-18-4-3-5-22(16-18)27-33(30,31)24-17-20(7-6-19(24)2)25(29)26-21-8-10-23(11-9-21)28-12-14-32-15-13-28/h3-11,16-17,27H,12-15H2,1-2H3,(H,26,29). The van der Waals surface area contributed by atoms with Crippen LogP contribution in [0.25, 0.3) is 0 Å². The predicted molar refractivity (Wildman–Crippen MR) is 131 cm³/mol. The van der Waals surface area contributed by atoms with E-state index in [4.69, 9.17) is 4.74 Å². The van der Waals surface area contributed by atoms with Crippen molar-refractivity contribution in [1.82, 2.24) is 0 Å². The molecular formula is C25H27N3O4S. The number of hydrogen-bond acceptors (Lipinski definition) is 5. The quantitative estimate of drug-likeness (QED) is 0.570. The smallest absolute Gasteiger partial charge is 0.262 e. The van der Waals surface area contributed by atoms with Gasteiger partial charge in [0.2, 0.25) is 0 Å². The zero-order valence-electron chi connectivity index (χ0n) is 18.7. The third-order valence-electron chi connectivity index (χ3n) is 5.51. The molecule has 33 heavy (non-hydrogen) atoms. The summed E-state index contributed by atoms with van der Waals surface area (Å²) in [4.78, 5) is 15.1. The lowest BCUT2D eigenvalue weighted by Gasteiger charge is -2.28. The van der Waals surface area contributed by atoms with Crippen molar-refractivity contribution in [1.29, 1.82) is 0 Å². The number of anilines is 3. The van der Waals surface area contributed by atoms with E-state index < -0.39 is 10.0 Å². The summed E-state index contributed by atoms with van der Waals surface area (Å²) in [5, 5.41) is 2.85. The van der Waals surface area contributed by atoms with E-state index in [1.807, 2.05) is 37.3 Å². The highest BCUT2D eigenvalue weighted by molar-refractivity contribution is 7.92. The second-order valence-electron chi connectivity index (χ2n) is 8.06. The Bertz CT molecular complexity index is 1250. The number of benzene rings is 3. The lowest BCUT2D eigenvalue weighted by molar-refractivity contribution is 0.102. The zero-order chi connectivity index (χ0) is 23.4. The first kappa shape index (κ1) is 22.8. The van der Waals surface area contributed by atoms with Gasteiger partial charge < -0.3 is 15.0 Å². The van der Waals surface area contributed by atoms with E-state index in [0.717, 1.165) is 24.3 Å². The van der Waals surface area contributed by atoms with Crippen molar-refractivity contribution in [2.75, 3.05) is 41.2 Å². The minimum Gasteiger partial charge on any atom is -0.378 e. The molecule has 0 unspecified atom stereocenters. The molecule has 0 aliphatic carbocycles. The molecule has 1 amide bonds. The van der Waals surface area contributed by atoms with Crippen LogP contribution in [0.4, 0.5) is 17.1 Å². The van der Waals surface area contributed by atoms with Crippen molar-refractivity contribution < 1.29 is 17.9 Å². The monoisotopic (exact) mass is 465 g/mol. The van der Waals surface area contributed by atoms with Crippen LogP contribution in [-0.4, -0.2) is 40.6 Å². The van der Waals surface area contributed by atoms with Crippen LogP contribution >= 0.6 is 0 Å². The summed E-state index contributed by atoms with van der Waals surface area (Å²) in [6, 6.07) is 19.4. The van der Waals surface area contributed by atoms with Gasteiger partial charge in [0.1, 0.15) is 0 Å². The molecule has 0 atom stereocenters. The van der Waals surface area contributed by atoms with Crippen LogP contribution in [0.1, 0.15) is 21.5 Å². The van der Waals surface area contributed by atoms with E-state index in [1.165, 1.54) is 6.07 Å². The van der Waals surface area contributed by atoms with E-state index in [1.54, 1.807) is 37.3 Å². The predicted octanol–water partition coefficient (Wildman–Crippen LogP) is 4.19. The Morgan fingerprint density at radius 2 is 1.64 bits per heavy atom. The molecule has 172 valence electrons. The average Bonchev–Trinajstić information content (AvgIpc) is 2.80. The van der Waals surface area contributed by atoms with Crippen molar-refractivity contribution in [3.63, 3.8) is 0 Å². The maximum atomic E-state index is 13.0. The van der Waals surface area contributed by atoms with Gasteiger partial charge in [-0.05, 0) is 73.5 Å². The number of morpholine rings is 1. The molecule has 1 heterocycles. The number of hydrogen-bond donors (Lipinski definition) is 2. The van der Waals surface area contributed by atoms with E-state index in [2.05, 4.69) is 14.9 Å². The first-order valence-electron chi connectivity index (χ1n) is 10.8. The molecule has 0 bridgehead atoms. The van der Waals surface area contributed by atoms with Crippen molar-refractivity contribution in [2.24, 2.45) is 0 Å². The van der Waals surface area contributed by atoms with Gasteiger partial charge in [0.05, 0.1) is 18.1 Å². The first-order chi connectivity index (χ1) is 15.8. The zero-order valence-corrected chi connectivity index (χ0v) is 19.5. The lowest BCUT2D eigenvalue weighted by atomic mass is 10.1. The molecule has 3 aromatic carbocycles. The Balaban J connectivity index is 1.50. The Hall–Kier alpha value is -3.36. The summed E-state index contributed by atoms with van der Waals surface area (Å²) in [6.45, 7) is 6.68. The number of ether oxygens (including phenoxy) is 1. The number of nitrogens with one attached hydrogen (secondary N) is 2. The van der Waals surface area contributed by atoms with Crippen LogP contribution in [0.5, 0.6) is 0 Å². The molecule has 1 aliphatic heterocycles. The second-order valence-corrected chi connectivity index (χ2v) is 9.71. The SMILES string of the molecule is Cc1cccc(NS(=O)(=O)c2cc(C(=O)Nc3ccc(N4CCOCC4)cc3)ccc2C)c1. The number of amides is 1. The molecule has 1 aliphatic rings. The highest BCUT2D eigenvalue weighted by Gasteiger charge is 2.20. The summed E-state index contributed by atoms with van der Waals surface area (Å²) in [6.07, 6.45) is 0. The van der Waals surface area contributed by atoms with Crippen LogP contribution < -0.4 is 14.9 Å².